The van der Waals surface area contributed by atoms with E-state index in [0.29, 0.717) is 0 Å². The number of hydrogen-bond acceptors (Lipinski definition) is 5. The van der Waals surface area contributed by atoms with Gasteiger partial charge in [0.15, 0.2) is 5.75 Å². The minimum Gasteiger partial charge on any atom is -0.492 e. The van der Waals surface area contributed by atoms with E-state index < -0.39 is 0 Å². The molecule has 0 amide bonds. The molecule has 1 aliphatic rings. The highest BCUT2D eigenvalue weighted by Crippen LogP contribution is 2.42. The highest BCUT2D eigenvalue weighted by atomic mass is 32.2. The normalized spacial score (nSPS) is 14.0. The number of carbonyl (C=O) groups excluding carboxylic acids is 1. The van der Waals surface area contributed by atoms with Crippen molar-refractivity contribution < 1.29 is 9.53 Å². The molecule has 0 bridgehead atoms. The van der Waals surface area contributed by atoms with Gasteiger partial charge >= 0.3 is 0 Å². The van der Waals surface area contributed by atoms with Crippen LogP contribution < -0.4 is 14.8 Å². The molecule has 0 saturated heterocycles. The standard InChI is InChI=1S/C15H24N2OS.CH2O/c1-15(2,3)10-8-12(16-4)14(18-5)13(9-10)17-19-11-6-7-11;1-2/h8-9,11,16-17H,6-7H2,1-5H3;1H2. The van der Waals surface area contributed by atoms with Crippen LogP contribution in [0, 0.1) is 0 Å². The average molecular weight is 310 g/mol. The Labute approximate surface area is 132 Å². The SMILES string of the molecule is C=O.CNc1cc(C(C)(C)C)cc(NSC2CC2)c1OC. The molecule has 4 nitrogen and oxygen atoms in total. The number of anilines is 2. The summed E-state index contributed by atoms with van der Waals surface area (Å²) in [5.74, 6) is 0.892. The molecule has 5 heteroatoms. The van der Waals surface area contributed by atoms with Crippen LogP contribution in [-0.4, -0.2) is 26.2 Å². The fourth-order valence-corrected chi connectivity index (χ4v) is 2.69. The first-order valence-corrected chi connectivity index (χ1v) is 7.94. The van der Waals surface area contributed by atoms with Crippen molar-refractivity contribution >= 4 is 30.1 Å². The van der Waals surface area contributed by atoms with Gasteiger partial charge in [0.05, 0.1) is 18.5 Å². The first-order chi connectivity index (χ1) is 9.95. The first kappa shape index (κ1) is 17.7. The summed E-state index contributed by atoms with van der Waals surface area (Å²) in [7, 11) is 3.65. The quantitative estimate of drug-likeness (QED) is 0.803. The summed E-state index contributed by atoms with van der Waals surface area (Å²) in [5, 5.41) is 3.99. The van der Waals surface area contributed by atoms with Crippen molar-refractivity contribution in [2.75, 3.05) is 24.2 Å². The fourth-order valence-electron chi connectivity index (χ4n) is 1.88. The van der Waals surface area contributed by atoms with Crippen LogP contribution in [0.15, 0.2) is 12.1 Å². The Morgan fingerprint density at radius 3 is 2.24 bits per heavy atom. The van der Waals surface area contributed by atoms with Crippen molar-refractivity contribution in [1.82, 2.24) is 0 Å². The number of hydrogen-bond donors (Lipinski definition) is 2. The minimum absolute atomic E-state index is 0.124. The number of benzene rings is 1. The molecular weight excluding hydrogens is 284 g/mol. The van der Waals surface area contributed by atoms with E-state index in [-0.39, 0.29) is 5.41 Å². The third kappa shape index (κ3) is 4.84. The molecular formula is C16H26N2O2S. The lowest BCUT2D eigenvalue weighted by atomic mass is 9.86. The molecule has 1 aromatic rings. The van der Waals surface area contributed by atoms with E-state index in [0.717, 1.165) is 22.4 Å². The van der Waals surface area contributed by atoms with Gasteiger partial charge in [-0.05, 0) is 47.9 Å². The van der Waals surface area contributed by atoms with Crippen LogP contribution in [0.5, 0.6) is 5.75 Å². The van der Waals surface area contributed by atoms with Crippen LogP contribution in [0.1, 0.15) is 39.2 Å². The van der Waals surface area contributed by atoms with Gasteiger partial charge in [-0.2, -0.15) is 0 Å². The minimum atomic E-state index is 0.124. The summed E-state index contributed by atoms with van der Waals surface area (Å²) in [4.78, 5) is 8.00. The monoisotopic (exact) mass is 310 g/mol. The third-order valence-electron chi connectivity index (χ3n) is 3.29. The van der Waals surface area contributed by atoms with Crippen molar-refractivity contribution in [2.45, 2.75) is 44.3 Å². The Morgan fingerprint density at radius 1 is 1.24 bits per heavy atom. The Hall–Kier alpha value is -1.36. The van der Waals surface area contributed by atoms with Gasteiger partial charge in [-0.25, -0.2) is 0 Å². The van der Waals surface area contributed by atoms with Crippen LogP contribution in [-0.2, 0) is 10.2 Å². The lowest BCUT2D eigenvalue weighted by molar-refractivity contribution is -0.0979. The van der Waals surface area contributed by atoms with Crippen molar-refractivity contribution in [2.24, 2.45) is 0 Å². The highest BCUT2D eigenvalue weighted by molar-refractivity contribution is 8.01. The Kier molecular flexibility index (Phi) is 6.40. The maximum atomic E-state index is 8.00. The molecule has 0 aliphatic heterocycles. The zero-order valence-electron chi connectivity index (χ0n) is 13.6. The molecule has 0 spiro atoms. The number of rotatable bonds is 5. The summed E-state index contributed by atoms with van der Waals surface area (Å²) in [6.07, 6.45) is 2.63. The number of ether oxygens (including phenoxy) is 1. The van der Waals surface area contributed by atoms with Crippen molar-refractivity contribution in [3.05, 3.63) is 17.7 Å². The summed E-state index contributed by atoms with van der Waals surface area (Å²) < 4.78 is 9.01. The zero-order chi connectivity index (χ0) is 16.0. The zero-order valence-corrected chi connectivity index (χ0v) is 14.4. The highest BCUT2D eigenvalue weighted by Gasteiger charge is 2.24. The molecule has 1 fully saturated rings. The van der Waals surface area contributed by atoms with Crippen LogP contribution in [0.25, 0.3) is 0 Å². The molecule has 0 radical (unpaired) electrons. The lowest BCUT2D eigenvalue weighted by Crippen LogP contribution is -2.12. The number of nitrogens with one attached hydrogen (secondary N) is 2. The Bertz CT molecular complexity index is 468. The van der Waals surface area contributed by atoms with E-state index in [9.17, 15) is 0 Å². The average Bonchev–Trinajstić information content (AvgIpc) is 3.29. The summed E-state index contributed by atoms with van der Waals surface area (Å²) in [5.41, 5.74) is 3.53. The predicted octanol–water partition coefficient (Wildman–Crippen LogP) is 4.07. The second-order valence-electron chi connectivity index (χ2n) is 6.02. The van der Waals surface area contributed by atoms with Gasteiger partial charge in [0.25, 0.3) is 0 Å². The lowest BCUT2D eigenvalue weighted by Gasteiger charge is -2.23. The van der Waals surface area contributed by atoms with Crippen LogP contribution in [0.2, 0.25) is 0 Å². The van der Waals surface area contributed by atoms with E-state index in [1.807, 2.05) is 13.8 Å². The van der Waals surface area contributed by atoms with Gasteiger partial charge in [0, 0.05) is 12.3 Å². The summed E-state index contributed by atoms with van der Waals surface area (Å²) >= 11 is 1.81. The van der Waals surface area contributed by atoms with Gasteiger partial charge < -0.3 is 19.6 Å². The molecule has 0 heterocycles. The maximum absolute atomic E-state index is 8.00. The fraction of sp³-hybridized carbons (Fsp3) is 0.562. The van der Waals surface area contributed by atoms with Gasteiger partial charge in [-0.1, -0.05) is 20.8 Å². The summed E-state index contributed by atoms with van der Waals surface area (Å²) in [6, 6.07) is 4.38. The number of carbonyl (C=O) groups is 1. The van der Waals surface area contributed by atoms with Gasteiger partial charge in [0.1, 0.15) is 6.79 Å². The number of methoxy groups -OCH3 is 1. The van der Waals surface area contributed by atoms with E-state index >= 15 is 0 Å². The van der Waals surface area contributed by atoms with Crippen LogP contribution >= 0.6 is 11.9 Å². The topological polar surface area (TPSA) is 50.4 Å². The van der Waals surface area contributed by atoms with Crippen LogP contribution in [0.3, 0.4) is 0 Å². The smallest absolute Gasteiger partial charge is 0.165 e. The molecule has 1 aliphatic carbocycles. The molecule has 0 atom stereocenters. The largest absolute Gasteiger partial charge is 0.492 e. The van der Waals surface area contributed by atoms with Gasteiger partial charge in [0.2, 0.25) is 0 Å². The van der Waals surface area contributed by atoms with E-state index in [4.69, 9.17) is 9.53 Å². The van der Waals surface area contributed by atoms with Gasteiger partial charge in [-0.15, -0.1) is 0 Å². The molecule has 1 aromatic carbocycles. The molecule has 2 rings (SSSR count). The Balaban J connectivity index is 0.00000106. The first-order valence-electron chi connectivity index (χ1n) is 7.06. The van der Waals surface area contributed by atoms with Gasteiger partial charge in [-0.3, -0.25) is 0 Å². The molecule has 2 N–H and O–H groups in total. The molecule has 118 valence electrons. The van der Waals surface area contributed by atoms with E-state index in [1.54, 1.807) is 19.1 Å². The second-order valence-corrected chi connectivity index (χ2v) is 7.13. The third-order valence-corrected chi connectivity index (χ3v) is 4.43. The van der Waals surface area contributed by atoms with Crippen molar-refractivity contribution in [1.29, 1.82) is 0 Å². The second kappa shape index (κ2) is 7.59. The van der Waals surface area contributed by atoms with Crippen LogP contribution in [0.4, 0.5) is 11.4 Å². The van der Waals surface area contributed by atoms with E-state index in [1.165, 1.54) is 18.4 Å². The Morgan fingerprint density at radius 2 is 1.81 bits per heavy atom. The maximum Gasteiger partial charge on any atom is 0.165 e. The predicted molar refractivity (Wildman–Crippen MR) is 92.6 cm³/mol. The van der Waals surface area contributed by atoms with E-state index in [2.05, 4.69) is 42.9 Å². The molecule has 21 heavy (non-hydrogen) atoms. The molecule has 0 unspecified atom stereocenters. The summed E-state index contributed by atoms with van der Waals surface area (Å²) in [6.45, 7) is 8.68. The molecule has 1 saturated carbocycles. The van der Waals surface area contributed by atoms with Crippen molar-refractivity contribution in [3.63, 3.8) is 0 Å². The van der Waals surface area contributed by atoms with Crippen molar-refractivity contribution in [3.8, 4) is 5.75 Å². The molecule has 0 aromatic heterocycles.